The maximum absolute atomic E-state index is 11.5. The van der Waals surface area contributed by atoms with Crippen molar-refractivity contribution in [2.24, 2.45) is 0 Å². The number of halogens is 3. The van der Waals surface area contributed by atoms with Gasteiger partial charge in [0.15, 0.2) is 0 Å². The molecule has 8 heavy (non-hydrogen) atoms. The zero-order valence-corrected chi connectivity index (χ0v) is 5.69. The third kappa shape index (κ3) is 4.27. The topological polar surface area (TPSA) is 12.0 Å². The lowest BCUT2D eigenvalue weighted by Gasteiger charge is -2.14. The maximum Gasteiger partial charge on any atom is 0.110 e. The summed E-state index contributed by atoms with van der Waals surface area (Å²) in [5.41, 5.74) is 0.316. The van der Waals surface area contributed by atoms with Crippen LogP contribution in [0.3, 0.4) is 0 Å². The number of rotatable bonds is 2. The fourth-order valence-corrected chi connectivity index (χ4v) is 0.0253. The van der Waals surface area contributed by atoms with E-state index >= 15 is 0 Å². The Morgan fingerprint density at radius 1 is 1.50 bits per heavy atom. The highest BCUT2D eigenvalue weighted by atomic mass is 35.5. The minimum Gasteiger partial charge on any atom is -0.249 e. The molecule has 0 fully saturated rings. The SMILES string of the molecule is CC(C)(CF)NF.Cl. The van der Waals surface area contributed by atoms with Gasteiger partial charge in [0.2, 0.25) is 0 Å². The Labute approximate surface area is 53.8 Å². The summed E-state index contributed by atoms with van der Waals surface area (Å²) in [5, 5.41) is 0. The van der Waals surface area contributed by atoms with Crippen LogP contribution >= 0.6 is 12.4 Å². The van der Waals surface area contributed by atoms with Crippen LogP contribution in [0.4, 0.5) is 8.87 Å². The van der Waals surface area contributed by atoms with Crippen LogP contribution in [0.2, 0.25) is 0 Å². The molecule has 1 nitrogen and oxygen atoms in total. The first-order valence-corrected chi connectivity index (χ1v) is 2.06. The van der Waals surface area contributed by atoms with Crippen LogP contribution in [0.15, 0.2) is 0 Å². The van der Waals surface area contributed by atoms with Gasteiger partial charge in [-0.3, -0.25) is 0 Å². The normalized spacial score (nSPS) is 10.5. The number of hydrogen-bond acceptors (Lipinski definition) is 1. The molecule has 0 radical (unpaired) electrons. The summed E-state index contributed by atoms with van der Waals surface area (Å²) in [4.78, 5) is 0. The molecule has 0 saturated heterocycles. The summed E-state index contributed by atoms with van der Waals surface area (Å²) in [6.07, 6.45) is 0. The third-order valence-corrected chi connectivity index (χ3v) is 0.590. The van der Waals surface area contributed by atoms with Crippen molar-refractivity contribution in [1.29, 1.82) is 0 Å². The first-order chi connectivity index (χ1) is 3.12. The molecule has 0 amide bonds. The fraction of sp³-hybridized carbons (Fsp3) is 1.00. The molecular formula is C4H10ClF2N. The predicted molar refractivity (Wildman–Crippen MR) is 31.5 cm³/mol. The van der Waals surface area contributed by atoms with Crippen LogP contribution in [0, 0.1) is 0 Å². The number of hydrogen-bond donors (Lipinski definition) is 1. The molecule has 0 bridgehead atoms. The van der Waals surface area contributed by atoms with Gasteiger partial charge in [0.05, 0.1) is 5.54 Å². The Hall–Kier alpha value is 0.110. The molecule has 0 aromatic rings. The smallest absolute Gasteiger partial charge is 0.110 e. The zero-order valence-electron chi connectivity index (χ0n) is 4.87. The van der Waals surface area contributed by atoms with Gasteiger partial charge in [-0.05, 0) is 13.8 Å². The molecule has 0 aliphatic carbocycles. The molecule has 0 aliphatic heterocycles. The molecule has 0 aliphatic rings. The minimum atomic E-state index is -1.00. The second-order valence-electron chi connectivity index (χ2n) is 2.11. The van der Waals surface area contributed by atoms with Crippen molar-refractivity contribution in [1.82, 2.24) is 5.54 Å². The lowest BCUT2D eigenvalue weighted by Crippen LogP contribution is -2.35. The fourth-order valence-electron chi connectivity index (χ4n) is 0.0253. The van der Waals surface area contributed by atoms with E-state index in [-0.39, 0.29) is 12.4 Å². The van der Waals surface area contributed by atoms with Gasteiger partial charge >= 0.3 is 0 Å². The Bertz CT molecular complexity index is 52.0. The molecule has 1 N–H and O–H groups in total. The summed E-state index contributed by atoms with van der Waals surface area (Å²) in [6.45, 7) is 2.18. The van der Waals surface area contributed by atoms with Gasteiger partial charge in [-0.15, -0.1) is 16.9 Å². The van der Waals surface area contributed by atoms with E-state index in [2.05, 4.69) is 0 Å². The van der Waals surface area contributed by atoms with Gasteiger partial charge in [0.1, 0.15) is 6.67 Å². The van der Waals surface area contributed by atoms with Crippen LogP contribution in [0.25, 0.3) is 0 Å². The summed E-state index contributed by atoms with van der Waals surface area (Å²) in [5.74, 6) is 0. The average molecular weight is 146 g/mol. The number of alkyl halides is 1. The van der Waals surface area contributed by atoms with Crippen molar-refractivity contribution in [2.45, 2.75) is 19.4 Å². The van der Waals surface area contributed by atoms with Crippen LogP contribution < -0.4 is 5.54 Å². The van der Waals surface area contributed by atoms with Gasteiger partial charge < -0.3 is 0 Å². The van der Waals surface area contributed by atoms with E-state index < -0.39 is 12.2 Å². The second kappa shape index (κ2) is 4.04. The quantitative estimate of drug-likeness (QED) is 0.583. The molecule has 4 heteroatoms. The standard InChI is InChI=1S/C4H9F2N.ClH/c1-4(2,3-5)7-6;/h7H,3H2,1-2H3;1H. The Kier molecular flexibility index (Phi) is 5.54. The molecule has 0 aromatic heterocycles. The molecule has 52 valence electrons. The van der Waals surface area contributed by atoms with Crippen LogP contribution in [-0.2, 0) is 0 Å². The molecule has 0 spiro atoms. The first-order valence-electron chi connectivity index (χ1n) is 2.06. The lowest BCUT2D eigenvalue weighted by atomic mass is 10.1. The Morgan fingerprint density at radius 3 is 1.88 bits per heavy atom. The van der Waals surface area contributed by atoms with Crippen LogP contribution in [0.1, 0.15) is 13.8 Å². The van der Waals surface area contributed by atoms with Crippen molar-refractivity contribution in [3.05, 3.63) is 0 Å². The molecular weight excluding hydrogens is 136 g/mol. The van der Waals surface area contributed by atoms with E-state index in [9.17, 15) is 8.87 Å². The first kappa shape index (κ1) is 11.0. The average Bonchev–Trinajstić information content (AvgIpc) is 1.68. The van der Waals surface area contributed by atoms with Crippen molar-refractivity contribution in [2.75, 3.05) is 6.67 Å². The van der Waals surface area contributed by atoms with Gasteiger partial charge in [-0.2, -0.15) is 5.54 Å². The molecule has 0 saturated carbocycles. The Balaban J connectivity index is 0. The van der Waals surface area contributed by atoms with Crippen molar-refractivity contribution < 1.29 is 8.87 Å². The zero-order chi connectivity index (χ0) is 5.91. The molecule has 0 rings (SSSR count). The molecule has 0 aromatic carbocycles. The van der Waals surface area contributed by atoms with Gasteiger partial charge in [0.25, 0.3) is 0 Å². The summed E-state index contributed by atoms with van der Waals surface area (Å²) >= 11 is 0. The van der Waals surface area contributed by atoms with E-state index in [0.29, 0.717) is 0 Å². The molecule has 0 unspecified atom stereocenters. The van der Waals surface area contributed by atoms with E-state index in [0.717, 1.165) is 0 Å². The monoisotopic (exact) mass is 145 g/mol. The van der Waals surface area contributed by atoms with Crippen molar-refractivity contribution >= 4 is 12.4 Å². The van der Waals surface area contributed by atoms with Crippen molar-refractivity contribution in [3.63, 3.8) is 0 Å². The number of nitrogens with one attached hydrogen (secondary N) is 1. The van der Waals surface area contributed by atoms with Gasteiger partial charge in [0, 0.05) is 0 Å². The highest BCUT2D eigenvalue weighted by Crippen LogP contribution is 2.00. The van der Waals surface area contributed by atoms with E-state index in [4.69, 9.17) is 0 Å². The Morgan fingerprint density at radius 2 is 1.88 bits per heavy atom. The van der Waals surface area contributed by atoms with Crippen molar-refractivity contribution in [3.8, 4) is 0 Å². The van der Waals surface area contributed by atoms with E-state index in [1.54, 1.807) is 0 Å². The van der Waals surface area contributed by atoms with Crippen LogP contribution in [-0.4, -0.2) is 12.2 Å². The minimum absolute atomic E-state index is 0. The highest BCUT2D eigenvalue weighted by Gasteiger charge is 2.15. The second-order valence-corrected chi connectivity index (χ2v) is 2.11. The largest absolute Gasteiger partial charge is 0.249 e. The van der Waals surface area contributed by atoms with E-state index in [1.165, 1.54) is 19.4 Å². The van der Waals surface area contributed by atoms with E-state index in [1.807, 2.05) is 0 Å². The maximum atomic E-state index is 11.5. The van der Waals surface area contributed by atoms with Crippen LogP contribution in [0.5, 0.6) is 0 Å². The highest BCUT2D eigenvalue weighted by molar-refractivity contribution is 5.85. The summed E-state index contributed by atoms with van der Waals surface area (Å²) < 4.78 is 22.8. The molecule has 0 atom stereocenters. The predicted octanol–water partition coefficient (Wildman–Crippen LogP) is 1.63. The summed E-state index contributed by atoms with van der Waals surface area (Å²) in [7, 11) is 0. The summed E-state index contributed by atoms with van der Waals surface area (Å²) in [6, 6.07) is 0. The third-order valence-electron chi connectivity index (χ3n) is 0.590. The molecule has 0 heterocycles. The van der Waals surface area contributed by atoms with Gasteiger partial charge in [-0.1, -0.05) is 0 Å². The lowest BCUT2D eigenvalue weighted by molar-refractivity contribution is 0.166. The van der Waals surface area contributed by atoms with Gasteiger partial charge in [-0.25, -0.2) is 4.39 Å².